The number of pyridine rings is 1. The van der Waals surface area contributed by atoms with Crippen LogP contribution in [0.15, 0.2) is 18.2 Å². The van der Waals surface area contributed by atoms with E-state index in [1.54, 1.807) is 0 Å². The summed E-state index contributed by atoms with van der Waals surface area (Å²) < 4.78 is 5.88. The van der Waals surface area contributed by atoms with E-state index < -0.39 is 0 Å². The number of nitrogens with zero attached hydrogens (tertiary/aromatic N) is 1. The van der Waals surface area contributed by atoms with Gasteiger partial charge in [0.05, 0.1) is 18.4 Å². The second-order valence-electron chi connectivity index (χ2n) is 4.34. The molecule has 1 aliphatic rings. The van der Waals surface area contributed by atoms with Crippen LogP contribution in [0.4, 0.5) is 5.82 Å². The molecule has 1 aromatic heterocycles. The SMILES string of the molecule is CNc1cccc(COC2CCCCC2)n1. The van der Waals surface area contributed by atoms with Crippen LogP contribution in [-0.2, 0) is 11.3 Å². The first kappa shape index (κ1) is 11.4. The van der Waals surface area contributed by atoms with E-state index in [0.717, 1.165) is 11.5 Å². The molecule has 1 fully saturated rings. The highest BCUT2D eigenvalue weighted by Crippen LogP contribution is 2.21. The van der Waals surface area contributed by atoms with Crippen molar-refractivity contribution < 1.29 is 4.74 Å². The summed E-state index contributed by atoms with van der Waals surface area (Å²) in [6.07, 6.45) is 6.88. The molecule has 3 nitrogen and oxygen atoms in total. The molecule has 0 aromatic carbocycles. The van der Waals surface area contributed by atoms with Gasteiger partial charge in [-0.25, -0.2) is 4.98 Å². The minimum Gasteiger partial charge on any atom is -0.373 e. The minimum absolute atomic E-state index is 0.453. The Morgan fingerprint density at radius 3 is 2.88 bits per heavy atom. The summed E-state index contributed by atoms with van der Waals surface area (Å²) >= 11 is 0. The summed E-state index contributed by atoms with van der Waals surface area (Å²) in [5, 5.41) is 3.04. The monoisotopic (exact) mass is 220 g/mol. The first-order chi connectivity index (χ1) is 7.88. The van der Waals surface area contributed by atoms with Crippen LogP contribution in [0.2, 0.25) is 0 Å². The van der Waals surface area contributed by atoms with Crippen molar-refractivity contribution in [1.82, 2.24) is 4.98 Å². The molecule has 0 saturated heterocycles. The zero-order chi connectivity index (χ0) is 11.2. The lowest BCUT2D eigenvalue weighted by Crippen LogP contribution is -2.16. The largest absolute Gasteiger partial charge is 0.373 e. The van der Waals surface area contributed by atoms with E-state index in [-0.39, 0.29) is 0 Å². The zero-order valence-electron chi connectivity index (χ0n) is 9.91. The second kappa shape index (κ2) is 5.85. The fourth-order valence-electron chi connectivity index (χ4n) is 2.13. The fraction of sp³-hybridized carbons (Fsp3) is 0.615. The molecule has 1 saturated carbocycles. The van der Waals surface area contributed by atoms with Gasteiger partial charge in [-0.2, -0.15) is 0 Å². The average molecular weight is 220 g/mol. The number of aromatic nitrogens is 1. The Labute approximate surface area is 97.2 Å². The summed E-state index contributed by atoms with van der Waals surface area (Å²) in [5.74, 6) is 0.907. The highest BCUT2D eigenvalue weighted by atomic mass is 16.5. The summed E-state index contributed by atoms with van der Waals surface area (Å²) in [4.78, 5) is 4.44. The third-order valence-corrected chi connectivity index (χ3v) is 3.08. The van der Waals surface area contributed by atoms with Gasteiger partial charge in [-0.1, -0.05) is 25.3 Å². The molecular weight excluding hydrogens is 200 g/mol. The molecule has 0 unspecified atom stereocenters. The molecule has 2 rings (SSSR count). The zero-order valence-corrected chi connectivity index (χ0v) is 9.91. The van der Waals surface area contributed by atoms with Crippen LogP contribution in [-0.4, -0.2) is 18.1 Å². The summed E-state index contributed by atoms with van der Waals surface area (Å²) in [6, 6.07) is 5.99. The third kappa shape index (κ3) is 3.20. The van der Waals surface area contributed by atoms with E-state index >= 15 is 0 Å². The van der Waals surface area contributed by atoms with Crippen LogP contribution in [0.3, 0.4) is 0 Å². The minimum atomic E-state index is 0.453. The van der Waals surface area contributed by atoms with E-state index in [0.29, 0.717) is 12.7 Å². The average Bonchev–Trinajstić information content (AvgIpc) is 2.38. The molecule has 1 aromatic rings. The Hall–Kier alpha value is -1.09. The smallest absolute Gasteiger partial charge is 0.126 e. The van der Waals surface area contributed by atoms with E-state index in [2.05, 4.69) is 10.3 Å². The Kier molecular flexibility index (Phi) is 4.17. The topological polar surface area (TPSA) is 34.1 Å². The standard InChI is InChI=1S/C13H20N2O/c1-14-13-9-5-6-11(15-13)10-16-12-7-3-2-4-8-12/h5-6,9,12H,2-4,7-8,10H2,1H3,(H,14,15). The Morgan fingerprint density at radius 2 is 2.12 bits per heavy atom. The number of hydrogen-bond acceptors (Lipinski definition) is 3. The molecule has 0 radical (unpaired) electrons. The second-order valence-corrected chi connectivity index (χ2v) is 4.34. The van der Waals surface area contributed by atoms with Crippen molar-refractivity contribution in [3.63, 3.8) is 0 Å². The summed E-state index contributed by atoms with van der Waals surface area (Å²) in [7, 11) is 1.88. The van der Waals surface area contributed by atoms with Crippen molar-refractivity contribution in [2.75, 3.05) is 12.4 Å². The van der Waals surface area contributed by atoms with E-state index in [9.17, 15) is 0 Å². The third-order valence-electron chi connectivity index (χ3n) is 3.08. The fourth-order valence-corrected chi connectivity index (χ4v) is 2.13. The van der Waals surface area contributed by atoms with Gasteiger partial charge in [0, 0.05) is 7.05 Å². The number of ether oxygens (including phenoxy) is 1. The predicted molar refractivity (Wildman–Crippen MR) is 65.4 cm³/mol. The molecule has 0 aliphatic heterocycles. The quantitative estimate of drug-likeness (QED) is 0.847. The van der Waals surface area contributed by atoms with Gasteiger partial charge in [-0.3, -0.25) is 0 Å². The molecule has 1 heterocycles. The lowest BCUT2D eigenvalue weighted by Gasteiger charge is -2.21. The molecule has 16 heavy (non-hydrogen) atoms. The van der Waals surface area contributed by atoms with Crippen molar-refractivity contribution in [2.24, 2.45) is 0 Å². The number of nitrogens with one attached hydrogen (secondary N) is 1. The number of anilines is 1. The lowest BCUT2D eigenvalue weighted by atomic mass is 9.98. The molecule has 0 spiro atoms. The van der Waals surface area contributed by atoms with Crippen molar-refractivity contribution in [2.45, 2.75) is 44.8 Å². The normalized spacial score (nSPS) is 17.3. The van der Waals surface area contributed by atoms with Crippen LogP contribution < -0.4 is 5.32 Å². The van der Waals surface area contributed by atoms with Crippen LogP contribution >= 0.6 is 0 Å². The van der Waals surface area contributed by atoms with Gasteiger partial charge in [0.25, 0.3) is 0 Å². The van der Waals surface area contributed by atoms with Gasteiger partial charge in [-0.05, 0) is 25.0 Å². The van der Waals surface area contributed by atoms with Gasteiger partial charge in [0.15, 0.2) is 0 Å². The maximum atomic E-state index is 5.88. The molecule has 0 bridgehead atoms. The highest BCUT2D eigenvalue weighted by molar-refractivity contribution is 5.33. The number of rotatable bonds is 4. The van der Waals surface area contributed by atoms with Crippen LogP contribution in [0.5, 0.6) is 0 Å². The summed E-state index contributed by atoms with van der Waals surface area (Å²) in [6.45, 7) is 0.639. The van der Waals surface area contributed by atoms with Crippen LogP contribution in [0, 0.1) is 0 Å². The van der Waals surface area contributed by atoms with Crippen LogP contribution in [0.25, 0.3) is 0 Å². The first-order valence-electron chi connectivity index (χ1n) is 6.14. The Bertz CT molecular complexity index is 321. The van der Waals surface area contributed by atoms with E-state index in [1.807, 2.05) is 25.2 Å². The van der Waals surface area contributed by atoms with Gasteiger partial charge in [0.1, 0.15) is 5.82 Å². The molecule has 0 atom stereocenters. The molecule has 3 heteroatoms. The van der Waals surface area contributed by atoms with Crippen molar-refractivity contribution in [3.05, 3.63) is 23.9 Å². The Balaban J connectivity index is 1.83. The number of hydrogen-bond donors (Lipinski definition) is 1. The lowest BCUT2D eigenvalue weighted by molar-refractivity contribution is 0.0153. The maximum absolute atomic E-state index is 5.88. The predicted octanol–water partition coefficient (Wildman–Crippen LogP) is 2.97. The van der Waals surface area contributed by atoms with E-state index in [4.69, 9.17) is 4.74 Å². The Morgan fingerprint density at radius 1 is 1.31 bits per heavy atom. The van der Waals surface area contributed by atoms with Crippen LogP contribution in [0.1, 0.15) is 37.8 Å². The molecule has 88 valence electrons. The molecule has 1 aliphatic carbocycles. The molecule has 1 N–H and O–H groups in total. The van der Waals surface area contributed by atoms with Gasteiger partial charge >= 0.3 is 0 Å². The first-order valence-corrected chi connectivity index (χ1v) is 6.14. The highest BCUT2D eigenvalue weighted by Gasteiger charge is 2.13. The van der Waals surface area contributed by atoms with Crippen molar-refractivity contribution in [3.8, 4) is 0 Å². The van der Waals surface area contributed by atoms with Crippen molar-refractivity contribution >= 4 is 5.82 Å². The molecular formula is C13H20N2O. The molecule has 0 amide bonds. The summed E-state index contributed by atoms with van der Waals surface area (Å²) in [5.41, 5.74) is 1.01. The van der Waals surface area contributed by atoms with Gasteiger partial charge in [0.2, 0.25) is 0 Å². The van der Waals surface area contributed by atoms with Gasteiger partial charge < -0.3 is 10.1 Å². The van der Waals surface area contributed by atoms with Crippen molar-refractivity contribution in [1.29, 1.82) is 0 Å². The maximum Gasteiger partial charge on any atom is 0.126 e. The van der Waals surface area contributed by atoms with E-state index in [1.165, 1.54) is 32.1 Å². The van der Waals surface area contributed by atoms with Gasteiger partial charge in [-0.15, -0.1) is 0 Å².